The summed E-state index contributed by atoms with van der Waals surface area (Å²) in [6.45, 7) is 0.549. The molecule has 1 heterocycles. The normalized spacial score (nSPS) is 18.1. The van der Waals surface area contributed by atoms with Crippen molar-refractivity contribution in [1.29, 1.82) is 0 Å². The predicted octanol–water partition coefficient (Wildman–Crippen LogP) is 1.20. The molecule has 0 saturated carbocycles. The Balaban J connectivity index is 2.24. The number of aliphatic hydroxyl groups is 1. The molecule has 7 heteroatoms. The van der Waals surface area contributed by atoms with Crippen LogP contribution in [0.5, 0.6) is 0 Å². The smallest absolute Gasteiger partial charge is 0.243 e. The van der Waals surface area contributed by atoms with Crippen LogP contribution in [0.25, 0.3) is 0 Å². The third-order valence-electron chi connectivity index (χ3n) is 2.71. The lowest BCUT2D eigenvalue weighted by Crippen LogP contribution is -2.51. The second-order valence-corrected chi connectivity index (χ2v) is 6.74. The van der Waals surface area contributed by atoms with Crippen molar-refractivity contribution in [1.82, 2.24) is 4.31 Å². The lowest BCUT2D eigenvalue weighted by molar-refractivity contribution is 0.117. The van der Waals surface area contributed by atoms with E-state index in [1.54, 1.807) is 0 Å². The van der Waals surface area contributed by atoms with Gasteiger partial charge >= 0.3 is 0 Å². The Hall–Kier alpha value is -0.500. The number of aliphatic hydroxyl groups excluding tert-OH is 1. The van der Waals surface area contributed by atoms with Gasteiger partial charge in [-0.05, 0) is 34.1 Å². The molecule has 0 spiro atoms. The number of hydrogen-bond donors (Lipinski definition) is 1. The highest BCUT2D eigenvalue weighted by Crippen LogP contribution is 2.26. The minimum Gasteiger partial charge on any atom is -0.396 e. The maximum absolute atomic E-state index is 13.3. The molecule has 0 radical (unpaired) electrons. The predicted molar refractivity (Wildman–Crippen MR) is 63.4 cm³/mol. The van der Waals surface area contributed by atoms with Gasteiger partial charge in [-0.1, -0.05) is 0 Å². The second kappa shape index (κ2) is 4.64. The zero-order valence-electron chi connectivity index (χ0n) is 8.81. The lowest BCUT2D eigenvalue weighted by Gasteiger charge is -2.36. The first kappa shape index (κ1) is 12.9. The molecule has 17 heavy (non-hydrogen) atoms. The fourth-order valence-corrected chi connectivity index (χ4v) is 3.47. The molecule has 0 aromatic heterocycles. The van der Waals surface area contributed by atoms with E-state index in [2.05, 4.69) is 15.9 Å². The number of benzene rings is 1. The molecule has 2 rings (SSSR count). The zero-order valence-corrected chi connectivity index (χ0v) is 11.2. The van der Waals surface area contributed by atoms with E-state index >= 15 is 0 Å². The molecule has 0 bridgehead atoms. The summed E-state index contributed by atoms with van der Waals surface area (Å²) in [6.07, 6.45) is 0. The summed E-state index contributed by atoms with van der Waals surface area (Å²) in [5, 5.41) is 8.83. The summed E-state index contributed by atoms with van der Waals surface area (Å²) < 4.78 is 38.7. The van der Waals surface area contributed by atoms with Gasteiger partial charge in [0.1, 0.15) is 5.82 Å². The van der Waals surface area contributed by atoms with Crippen LogP contribution in [0.3, 0.4) is 0 Å². The summed E-state index contributed by atoms with van der Waals surface area (Å²) in [6, 6.07) is 3.71. The minimum absolute atomic E-state index is 0.00919. The highest BCUT2D eigenvalue weighted by atomic mass is 79.9. The SMILES string of the molecule is O=S(=O)(c1ccc(Br)c(F)c1)N1CC(CO)C1. The molecule has 1 aliphatic rings. The van der Waals surface area contributed by atoms with E-state index in [1.807, 2.05) is 0 Å². The van der Waals surface area contributed by atoms with Gasteiger partial charge in [0.25, 0.3) is 0 Å². The van der Waals surface area contributed by atoms with Crippen LogP contribution in [-0.2, 0) is 10.0 Å². The van der Waals surface area contributed by atoms with Gasteiger partial charge in [-0.2, -0.15) is 4.31 Å². The minimum atomic E-state index is -3.62. The summed E-state index contributed by atoms with van der Waals surface area (Å²) in [7, 11) is -3.62. The second-order valence-electron chi connectivity index (χ2n) is 3.95. The first-order chi connectivity index (χ1) is 7.95. The molecule has 4 nitrogen and oxygen atoms in total. The van der Waals surface area contributed by atoms with Crippen LogP contribution in [0.2, 0.25) is 0 Å². The Morgan fingerprint density at radius 2 is 2.12 bits per heavy atom. The van der Waals surface area contributed by atoms with E-state index in [4.69, 9.17) is 5.11 Å². The van der Waals surface area contributed by atoms with E-state index in [0.717, 1.165) is 6.07 Å². The number of halogens is 2. The van der Waals surface area contributed by atoms with Gasteiger partial charge < -0.3 is 5.11 Å². The van der Waals surface area contributed by atoms with E-state index in [-0.39, 0.29) is 35.0 Å². The van der Waals surface area contributed by atoms with Crippen molar-refractivity contribution in [2.24, 2.45) is 5.92 Å². The van der Waals surface area contributed by atoms with E-state index in [1.165, 1.54) is 16.4 Å². The summed E-state index contributed by atoms with van der Waals surface area (Å²) >= 11 is 2.97. The molecule has 0 amide bonds. The highest BCUT2D eigenvalue weighted by molar-refractivity contribution is 9.10. The van der Waals surface area contributed by atoms with Crippen molar-refractivity contribution < 1.29 is 17.9 Å². The molecular formula is C10H11BrFNO3S. The zero-order chi connectivity index (χ0) is 12.6. The molecular weight excluding hydrogens is 313 g/mol. The van der Waals surface area contributed by atoms with Gasteiger partial charge in [0.2, 0.25) is 10.0 Å². The maximum atomic E-state index is 13.3. The lowest BCUT2D eigenvalue weighted by atomic mass is 10.1. The van der Waals surface area contributed by atoms with Crippen molar-refractivity contribution in [2.75, 3.05) is 19.7 Å². The van der Waals surface area contributed by atoms with E-state index in [9.17, 15) is 12.8 Å². The third kappa shape index (κ3) is 2.37. The topological polar surface area (TPSA) is 57.6 Å². The fourth-order valence-electron chi connectivity index (χ4n) is 1.62. The van der Waals surface area contributed by atoms with E-state index in [0.29, 0.717) is 0 Å². The van der Waals surface area contributed by atoms with Crippen molar-refractivity contribution >= 4 is 26.0 Å². The number of hydrogen-bond acceptors (Lipinski definition) is 3. The van der Waals surface area contributed by atoms with Crippen LogP contribution >= 0.6 is 15.9 Å². The molecule has 0 unspecified atom stereocenters. The number of sulfonamides is 1. The van der Waals surface area contributed by atoms with Crippen molar-refractivity contribution in [3.8, 4) is 0 Å². The van der Waals surface area contributed by atoms with Crippen molar-refractivity contribution in [3.63, 3.8) is 0 Å². The monoisotopic (exact) mass is 323 g/mol. The highest BCUT2D eigenvalue weighted by Gasteiger charge is 2.36. The van der Waals surface area contributed by atoms with Crippen LogP contribution in [0, 0.1) is 11.7 Å². The Labute approximate surface area is 107 Å². The van der Waals surface area contributed by atoms with Crippen molar-refractivity contribution in [2.45, 2.75) is 4.90 Å². The Morgan fingerprint density at radius 3 is 2.65 bits per heavy atom. The Bertz CT molecular complexity index is 528. The molecule has 1 N–H and O–H groups in total. The van der Waals surface area contributed by atoms with Crippen LogP contribution in [-0.4, -0.2) is 37.5 Å². The average molecular weight is 324 g/mol. The van der Waals surface area contributed by atoms with Crippen LogP contribution in [0.15, 0.2) is 27.6 Å². The average Bonchev–Trinajstić information content (AvgIpc) is 2.20. The quantitative estimate of drug-likeness (QED) is 0.909. The summed E-state index contributed by atoms with van der Waals surface area (Å²) in [4.78, 5) is -0.0606. The standard InChI is InChI=1S/C10H11BrFNO3S/c11-9-2-1-8(3-10(9)12)17(15,16)13-4-7(5-13)6-14/h1-3,7,14H,4-6H2. The van der Waals surface area contributed by atoms with Crippen molar-refractivity contribution in [3.05, 3.63) is 28.5 Å². The van der Waals surface area contributed by atoms with E-state index < -0.39 is 15.8 Å². The van der Waals surface area contributed by atoms with Gasteiger partial charge in [0, 0.05) is 25.6 Å². The number of rotatable bonds is 3. The molecule has 1 fully saturated rings. The largest absolute Gasteiger partial charge is 0.396 e. The summed E-state index contributed by atoms with van der Waals surface area (Å²) in [5.41, 5.74) is 0. The first-order valence-electron chi connectivity index (χ1n) is 5.01. The summed E-state index contributed by atoms with van der Waals surface area (Å²) in [5.74, 6) is -0.615. The van der Waals surface area contributed by atoms with Gasteiger partial charge in [0.15, 0.2) is 0 Å². The Morgan fingerprint density at radius 1 is 1.47 bits per heavy atom. The molecule has 94 valence electrons. The molecule has 0 aliphatic carbocycles. The Kier molecular flexibility index (Phi) is 3.53. The molecule has 1 aliphatic heterocycles. The van der Waals surface area contributed by atoms with Gasteiger partial charge in [0.05, 0.1) is 9.37 Å². The number of nitrogens with zero attached hydrogens (tertiary/aromatic N) is 1. The molecule has 1 aromatic carbocycles. The van der Waals surface area contributed by atoms with Crippen LogP contribution in [0.4, 0.5) is 4.39 Å². The molecule has 1 saturated heterocycles. The van der Waals surface area contributed by atoms with Gasteiger partial charge in [-0.15, -0.1) is 0 Å². The van der Waals surface area contributed by atoms with Crippen LogP contribution in [0.1, 0.15) is 0 Å². The maximum Gasteiger partial charge on any atom is 0.243 e. The third-order valence-corrected chi connectivity index (χ3v) is 5.18. The molecule has 1 aromatic rings. The van der Waals surface area contributed by atoms with Gasteiger partial charge in [-0.3, -0.25) is 0 Å². The molecule has 0 atom stereocenters. The van der Waals surface area contributed by atoms with Gasteiger partial charge in [-0.25, -0.2) is 12.8 Å². The first-order valence-corrected chi connectivity index (χ1v) is 7.24. The fraction of sp³-hybridized carbons (Fsp3) is 0.400. The van der Waals surface area contributed by atoms with Crippen LogP contribution < -0.4 is 0 Å².